The van der Waals surface area contributed by atoms with Crippen molar-refractivity contribution in [1.29, 1.82) is 0 Å². The maximum atomic E-state index is 14.7. The molecule has 0 bridgehead atoms. The Morgan fingerprint density at radius 2 is 1.15 bits per heavy atom. The number of hydrogen-bond donors (Lipinski definition) is 0. The van der Waals surface area contributed by atoms with Crippen molar-refractivity contribution in [3.63, 3.8) is 0 Å². The molecule has 1 fully saturated rings. The van der Waals surface area contributed by atoms with Gasteiger partial charge < -0.3 is 28.0 Å². The van der Waals surface area contributed by atoms with E-state index in [1.165, 1.54) is 11.8 Å². The molecule has 0 aliphatic carbocycles. The summed E-state index contributed by atoms with van der Waals surface area (Å²) in [4.78, 5) is 0.965. The van der Waals surface area contributed by atoms with Crippen molar-refractivity contribution in [2.75, 3.05) is 26.4 Å². The number of benzene rings is 3. The maximum Gasteiger partial charge on any atom is 0.588 e. The smallest absolute Gasteiger partial charge is 0.395 e. The number of phosphoric ester groups is 1. The molecule has 5 unspecified atom stereocenters. The van der Waals surface area contributed by atoms with Crippen molar-refractivity contribution < 1.29 is 37.1 Å². The lowest BCUT2D eigenvalue weighted by molar-refractivity contribution is -0.233. The minimum Gasteiger partial charge on any atom is -0.395 e. The third-order valence-electron chi connectivity index (χ3n) is 7.30. The number of unbranched alkanes of at least 4 members (excludes halogenated alkanes) is 3. The Bertz CT molecular complexity index is 1220. The summed E-state index contributed by atoms with van der Waals surface area (Å²) < 4.78 is 59.4. The van der Waals surface area contributed by atoms with Gasteiger partial charge in [-0.25, -0.2) is 4.57 Å². The molecule has 8 nitrogen and oxygen atoms in total. The largest absolute Gasteiger partial charge is 0.588 e. The van der Waals surface area contributed by atoms with Crippen LogP contribution in [0.5, 0.6) is 11.5 Å². The van der Waals surface area contributed by atoms with Gasteiger partial charge in [-0.05, 0) is 55.7 Å². The van der Waals surface area contributed by atoms with E-state index in [2.05, 4.69) is 20.8 Å². The minimum absolute atomic E-state index is 0.335. The van der Waals surface area contributed by atoms with Gasteiger partial charge in [-0.3, -0.25) is 4.52 Å². The summed E-state index contributed by atoms with van der Waals surface area (Å²) in [5.41, 5.74) is -0.646. The van der Waals surface area contributed by atoms with Crippen molar-refractivity contribution in [3.8, 4) is 11.5 Å². The Labute approximate surface area is 279 Å². The van der Waals surface area contributed by atoms with E-state index in [4.69, 9.17) is 32.5 Å². The number of para-hydroxylation sites is 2. The Kier molecular flexibility index (Phi) is 15.9. The average molecular weight is 673 g/mol. The van der Waals surface area contributed by atoms with E-state index in [0.717, 1.165) is 43.4 Å². The lowest BCUT2D eigenvalue weighted by Crippen LogP contribution is -2.60. The molecule has 4 rings (SSSR count). The number of ether oxygens (including phenoxy) is 4. The van der Waals surface area contributed by atoms with E-state index in [-0.39, 0.29) is 0 Å². The third kappa shape index (κ3) is 11.7. The van der Waals surface area contributed by atoms with Crippen LogP contribution in [0.1, 0.15) is 59.3 Å². The lowest BCUT2D eigenvalue weighted by atomic mass is 9.99. The van der Waals surface area contributed by atoms with Crippen molar-refractivity contribution in [2.45, 2.75) is 94.0 Å². The van der Waals surface area contributed by atoms with Gasteiger partial charge in [-0.2, -0.15) is 0 Å². The zero-order valence-electron chi connectivity index (χ0n) is 27.2. The first kappa shape index (κ1) is 36.5. The highest BCUT2D eigenvalue weighted by molar-refractivity contribution is 7.99. The molecule has 252 valence electrons. The highest BCUT2D eigenvalue weighted by Gasteiger charge is 2.52. The maximum absolute atomic E-state index is 14.7. The summed E-state index contributed by atoms with van der Waals surface area (Å²) in [6, 6.07) is 27.7. The highest BCUT2D eigenvalue weighted by atomic mass is 32.2. The molecule has 0 saturated carbocycles. The Hall–Kier alpha value is -2.36. The van der Waals surface area contributed by atoms with Gasteiger partial charge in [-0.15, -0.1) is 0 Å². The van der Waals surface area contributed by atoms with Crippen LogP contribution in [-0.4, -0.2) is 56.3 Å². The van der Waals surface area contributed by atoms with Crippen LogP contribution in [0.15, 0.2) is 95.9 Å². The van der Waals surface area contributed by atoms with Crippen molar-refractivity contribution in [1.82, 2.24) is 0 Å². The van der Waals surface area contributed by atoms with E-state index in [0.29, 0.717) is 37.9 Å². The number of rotatable bonds is 21. The van der Waals surface area contributed by atoms with Crippen LogP contribution in [0.2, 0.25) is 0 Å². The normalized spacial score (nSPS) is 21.6. The van der Waals surface area contributed by atoms with Gasteiger partial charge in [0.2, 0.25) is 0 Å². The summed E-state index contributed by atoms with van der Waals surface area (Å²) in [5, 5.41) is 0. The Balaban J connectivity index is 1.73. The van der Waals surface area contributed by atoms with E-state index >= 15 is 0 Å². The van der Waals surface area contributed by atoms with Crippen molar-refractivity contribution >= 4 is 19.6 Å². The van der Waals surface area contributed by atoms with Crippen LogP contribution in [0.3, 0.4) is 0 Å². The fourth-order valence-corrected chi connectivity index (χ4v) is 7.47. The molecule has 3 aromatic rings. The zero-order valence-corrected chi connectivity index (χ0v) is 29.0. The summed E-state index contributed by atoms with van der Waals surface area (Å²) in [7, 11) is -4.32. The molecule has 0 N–H and O–H groups in total. The fraction of sp³-hybridized carbons (Fsp3) is 0.500. The van der Waals surface area contributed by atoms with Crippen LogP contribution in [-0.2, 0) is 28.0 Å². The van der Waals surface area contributed by atoms with Crippen LogP contribution < -0.4 is 9.05 Å². The van der Waals surface area contributed by atoms with Gasteiger partial charge in [0.05, 0.1) is 6.61 Å². The fourth-order valence-electron chi connectivity index (χ4n) is 4.85. The summed E-state index contributed by atoms with van der Waals surface area (Å²) in [6.07, 6.45) is 3.12. The zero-order chi connectivity index (χ0) is 32.5. The van der Waals surface area contributed by atoms with E-state index in [1.807, 2.05) is 42.5 Å². The number of phosphoric acid groups is 1. The molecule has 1 heterocycles. The number of thioether (sulfide) groups is 1. The third-order valence-corrected chi connectivity index (χ3v) is 9.83. The average Bonchev–Trinajstić information content (AvgIpc) is 3.07. The van der Waals surface area contributed by atoms with Gasteiger partial charge in [-0.1, -0.05) is 106 Å². The first-order chi connectivity index (χ1) is 22.5. The molecule has 1 aliphatic heterocycles. The van der Waals surface area contributed by atoms with Gasteiger partial charge >= 0.3 is 7.82 Å². The molecular formula is C36H49O8PS. The monoisotopic (exact) mass is 672 g/mol. The molecule has 5 atom stereocenters. The molecule has 0 radical (unpaired) electrons. The molecule has 0 amide bonds. The van der Waals surface area contributed by atoms with Gasteiger partial charge in [0.25, 0.3) is 0 Å². The predicted molar refractivity (Wildman–Crippen MR) is 183 cm³/mol. The molecular weight excluding hydrogens is 623 g/mol. The SMILES string of the molecule is CCCCOCC1OC(Sc2ccccc2)C(OP(=O)(Oc2ccccc2)Oc2ccccc2)C(OCCCC)C1OCCCC. The van der Waals surface area contributed by atoms with Gasteiger partial charge in [0.15, 0.2) is 0 Å². The van der Waals surface area contributed by atoms with E-state index < -0.39 is 37.7 Å². The van der Waals surface area contributed by atoms with Crippen molar-refractivity contribution in [2.24, 2.45) is 0 Å². The second kappa shape index (κ2) is 20.1. The van der Waals surface area contributed by atoms with Crippen LogP contribution in [0.4, 0.5) is 0 Å². The van der Waals surface area contributed by atoms with Crippen LogP contribution in [0, 0.1) is 0 Å². The summed E-state index contributed by atoms with van der Waals surface area (Å²) in [6.45, 7) is 8.33. The molecule has 0 spiro atoms. The van der Waals surface area contributed by atoms with Crippen molar-refractivity contribution in [3.05, 3.63) is 91.0 Å². The Morgan fingerprint density at radius 3 is 1.70 bits per heavy atom. The van der Waals surface area contributed by atoms with E-state index in [9.17, 15) is 4.57 Å². The molecule has 1 aliphatic rings. The first-order valence-corrected chi connectivity index (χ1v) is 18.8. The molecule has 10 heteroatoms. The minimum atomic E-state index is -4.32. The second-order valence-corrected chi connectivity index (χ2v) is 13.7. The Morgan fingerprint density at radius 1 is 0.652 bits per heavy atom. The topological polar surface area (TPSA) is 81.7 Å². The number of hydrogen-bond acceptors (Lipinski definition) is 9. The molecule has 1 saturated heterocycles. The van der Waals surface area contributed by atoms with Gasteiger partial charge in [0.1, 0.15) is 41.4 Å². The predicted octanol–water partition coefficient (Wildman–Crippen LogP) is 9.34. The summed E-state index contributed by atoms with van der Waals surface area (Å²) in [5.74, 6) is 0.708. The van der Waals surface area contributed by atoms with E-state index in [1.54, 1.807) is 48.5 Å². The van der Waals surface area contributed by atoms with Gasteiger partial charge in [0, 0.05) is 24.7 Å². The van der Waals surface area contributed by atoms with Crippen LogP contribution >= 0.6 is 19.6 Å². The lowest BCUT2D eigenvalue weighted by Gasteiger charge is -2.46. The molecule has 0 aromatic heterocycles. The quantitative estimate of drug-likeness (QED) is 0.0812. The molecule has 46 heavy (non-hydrogen) atoms. The van der Waals surface area contributed by atoms with Crippen LogP contribution in [0.25, 0.3) is 0 Å². The first-order valence-electron chi connectivity index (χ1n) is 16.5. The second-order valence-electron chi connectivity index (χ2n) is 11.1. The summed E-state index contributed by atoms with van der Waals surface area (Å²) >= 11 is 1.48. The molecule has 3 aromatic carbocycles. The highest BCUT2D eigenvalue weighted by Crippen LogP contribution is 2.53. The standard InChI is InChI=1S/C36H49O8PS/c1-4-7-25-38-28-32-33(39-26-8-5-2)34(40-27-9-6-3)35(36(41-32)46-31-23-17-12-18-24-31)44-45(37,42-29-19-13-10-14-20-29)43-30-21-15-11-16-22-30/h10-24,32-36H,4-9,25-28H2,1-3H3.